The van der Waals surface area contributed by atoms with Crippen molar-refractivity contribution in [2.24, 2.45) is 11.7 Å². The molecule has 0 spiro atoms. The molecule has 1 aromatic heterocycles. The van der Waals surface area contributed by atoms with E-state index in [1.165, 1.54) is 16.6 Å². The van der Waals surface area contributed by atoms with Crippen molar-refractivity contribution in [3.8, 4) is 0 Å². The predicted octanol–water partition coefficient (Wildman–Crippen LogP) is 3.27. The van der Waals surface area contributed by atoms with E-state index in [1.807, 2.05) is 18.2 Å². The number of aryl methyl sites for hydroxylation is 1. The van der Waals surface area contributed by atoms with Gasteiger partial charge in [-0.05, 0) is 49.6 Å². The molecule has 0 bridgehead atoms. The molecule has 3 heteroatoms. The van der Waals surface area contributed by atoms with E-state index in [1.54, 1.807) is 0 Å². The van der Waals surface area contributed by atoms with Gasteiger partial charge in [-0.15, -0.1) is 0 Å². The molecule has 0 aliphatic rings. The van der Waals surface area contributed by atoms with Crippen molar-refractivity contribution in [3.63, 3.8) is 0 Å². The Morgan fingerprint density at radius 2 is 2.19 bits per heavy atom. The average Bonchev–Trinajstić information content (AvgIpc) is 2.56. The van der Waals surface area contributed by atoms with Crippen molar-refractivity contribution in [1.82, 2.24) is 4.98 Å². The summed E-state index contributed by atoms with van der Waals surface area (Å²) in [5.74, 6) is 0.502. The van der Waals surface area contributed by atoms with Crippen LogP contribution in [0.25, 0.3) is 10.9 Å². The van der Waals surface area contributed by atoms with Gasteiger partial charge in [0.05, 0.1) is 0 Å². The molecular formula is C13H17ClN2. The number of benzene rings is 1. The van der Waals surface area contributed by atoms with Crippen molar-refractivity contribution in [2.45, 2.75) is 20.3 Å². The monoisotopic (exact) mass is 236 g/mol. The Kier molecular flexibility index (Phi) is 3.22. The maximum absolute atomic E-state index is 6.00. The van der Waals surface area contributed by atoms with Crippen LogP contribution in [0.5, 0.6) is 0 Å². The minimum Gasteiger partial charge on any atom is -0.358 e. The highest BCUT2D eigenvalue weighted by Gasteiger charge is 2.10. The first-order chi connectivity index (χ1) is 7.61. The van der Waals surface area contributed by atoms with E-state index < -0.39 is 0 Å². The molecule has 0 fully saturated rings. The molecule has 3 N–H and O–H groups in total. The fourth-order valence-corrected chi connectivity index (χ4v) is 2.16. The van der Waals surface area contributed by atoms with Gasteiger partial charge in [0.15, 0.2) is 0 Å². The molecule has 86 valence electrons. The third-order valence-electron chi connectivity index (χ3n) is 3.08. The molecule has 2 rings (SSSR count). The number of aromatic nitrogens is 1. The summed E-state index contributed by atoms with van der Waals surface area (Å²) >= 11 is 6.00. The van der Waals surface area contributed by atoms with Crippen LogP contribution >= 0.6 is 11.6 Å². The van der Waals surface area contributed by atoms with Crippen molar-refractivity contribution < 1.29 is 0 Å². The fraction of sp³-hybridized carbons (Fsp3) is 0.385. The molecule has 0 saturated carbocycles. The van der Waals surface area contributed by atoms with Crippen LogP contribution in [0.4, 0.5) is 0 Å². The standard InChI is InChI=1S/C13H17ClN2/c1-8(7-15)5-13-9(2)11-6-10(14)3-4-12(11)16-13/h3-4,6,8,16H,5,7,15H2,1-2H3. The topological polar surface area (TPSA) is 41.8 Å². The molecule has 0 saturated heterocycles. The first-order valence-electron chi connectivity index (χ1n) is 5.58. The lowest BCUT2D eigenvalue weighted by Gasteiger charge is -2.07. The first-order valence-corrected chi connectivity index (χ1v) is 5.96. The Hall–Kier alpha value is -0.990. The number of H-pyrrole nitrogens is 1. The van der Waals surface area contributed by atoms with Gasteiger partial charge in [0.25, 0.3) is 0 Å². The molecule has 16 heavy (non-hydrogen) atoms. The number of fused-ring (bicyclic) bond motifs is 1. The third-order valence-corrected chi connectivity index (χ3v) is 3.31. The highest BCUT2D eigenvalue weighted by Crippen LogP contribution is 2.26. The van der Waals surface area contributed by atoms with Gasteiger partial charge in [0.1, 0.15) is 0 Å². The van der Waals surface area contributed by atoms with E-state index in [9.17, 15) is 0 Å². The second-order valence-corrected chi connectivity index (χ2v) is 4.90. The number of aromatic amines is 1. The van der Waals surface area contributed by atoms with Crippen LogP contribution in [0.3, 0.4) is 0 Å². The zero-order chi connectivity index (χ0) is 11.7. The minimum atomic E-state index is 0.502. The largest absolute Gasteiger partial charge is 0.358 e. The van der Waals surface area contributed by atoms with Crippen LogP contribution in [-0.4, -0.2) is 11.5 Å². The number of nitrogens with one attached hydrogen (secondary N) is 1. The lowest BCUT2D eigenvalue weighted by Crippen LogP contribution is -2.13. The van der Waals surface area contributed by atoms with Gasteiger partial charge in [-0.3, -0.25) is 0 Å². The number of hydrogen-bond acceptors (Lipinski definition) is 1. The molecule has 0 aliphatic carbocycles. The SMILES string of the molecule is Cc1c(CC(C)CN)[nH]c2ccc(Cl)cc12. The summed E-state index contributed by atoms with van der Waals surface area (Å²) in [6, 6.07) is 5.95. The molecule has 0 aliphatic heterocycles. The van der Waals surface area contributed by atoms with Crippen LogP contribution < -0.4 is 5.73 Å². The Morgan fingerprint density at radius 1 is 1.44 bits per heavy atom. The molecular weight excluding hydrogens is 220 g/mol. The molecule has 0 amide bonds. The average molecular weight is 237 g/mol. The molecule has 1 aromatic carbocycles. The number of rotatable bonds is 3. The highest BCUT2D eigenvalue weighted by molar-refractivity contribution is 6.31. The van der Waals surface area contributed by atoms with Gasteiger partial charge in [-0.1, -0.05) is 18.5 Å². The van der Waals surface area contributed by atoms with Gasteiger partial charge in [0, 0.05) is 21.6 Å². The molecule has 2 nitrogen and oxygen atoms in total. The van der Waals surface area contributed by atoms with Gasteiger partial charge < -0.3 is 10.7 Å². The van der Waals surface area contributed by atoms with E-state index in [4.69, 9.17) is 17.3 Å². The molecule has 1 unspecified atom stereocenters. The van der Waals surface area contributed by atoms with E-state index >= 15 is 0 Å². The van der Waals surface area contributed by atoms with Crippen molar-refractivity contribution >= 4 is 22.5 Å². The van der Waals surface area contributed by atoms with Crippen molar-refractivity contribution in [2.75, 3.05) is 6.54 Å². The smallest absolute Gasteiger partial charge is 0.0459 e. The summed E-state index contributed by atoms with van der Waals surface area (Å²) < 4.78 is 0. The Morgan fingerprint density at radius 3 is 2.88 bits per heavy atom. The van der Waals surface area contributed by atoms with Crippen LogP contribution in [0.2, 0.25) is 5.02 Å². The lowest BCUT2D eigenvalue weighted by molar-refractivity contribution is 0.585. The second-order valence-electron chi connectivity index (χ2n) is 4.46. The van der Waals surface area contributed by atoms with E-state index in [0.717, 1.165) is 23.5 Å². The molecule has 0 radical (unpaired) electrons. The Labute approximate surface area is 101 Å². The normalized spacial score (nSPS) is 13.2. The minimum absolute atomic E-state index is 0.502. The number of halogens is 1. The van der Waals surface area contributed by atoms with Gasteiger partial charge >= 0.3 is 0 Å². The third kappa shape index (κ3) is 2.08. The van der Waals surface area contributed by atoms with Crippen LogP contribution in [0.1, 0.15) is 18.2 Å². The maximum Gasteiger partial charge on any atom is 0.0459 e. The van der Waals surface area contributed by atoms with Gasteiger partial charge in [0.2, 0.25) is 0 Å². The van der Waals surface area contributed by atoms with Gasteiger partial charge in [-0.25, -0.2) is 0 Å². The van der Waals surface area contributed by atoms with Crippen LogP contribution in [-0.2, 0) is 6.42 Å². The molecule has 2 aromatic rings. The van der Waals surface area contributed by atoms with Crippen LogP contribution in [0, 0.1) is 12.8 Å². The number of nitrogens with two attached hydrogens (primary N) is 1. The Balaban J connectivity index is 2.44. The predicted molar refractivity (Wildman–Crippen MR) is 70.0 cm³/mol. The molecule has 1 atom stereocenters. The number of hydrogen-bond donors (Lipinski definition) is 2. The van der Waals surface area contributed by atoms with Gasteiger partial charge in [-0.2, -0.15) is 0 Å². The quantitative estimate of drug-likeness (QED) is 0.844. The van der Waals surface area contributed by atoms with Crippen LogP contribution in [0.15, 0.2) is 18.2 Å². The zero-order valence-corrected chi connectivity index (χ0v) is 10.4. The molecule has 1 heterocycles. The summed E-state index contributed by atoms with van der Waals surface area (Å²) in [6.07, 6.45) is 0.995. The first kappa shape index (κ1) is 11.5. The summed E-state index contributed by atoms with van der Waals surface area (Å²) in [5.41, 5.74) is 9.37. The van der Waals surface area contributed by atoms with Crippen molar-refractivity contribution in [1.29, 1.82) is 0 Å². The van der Waals surface area contributed by atoms with Crippen molar-refractivity contribution in [3.05, 3.63) is 34.5 Å². The van der Waals surface area contributed by atoms with E-state index in [0.29, 0.717) is 5.92 Å². The van der Waals surface area contributed by atoms with E-state index in [-0.39, 0.29) is 0 Å². The Bertz CT molecular complexity index is 502. The zero-order valence-electron chi connectivity index (χ0n) is 9.68. The summed E-state index contributed by atoms with van der Waals surface area (Å²) in [6.45, 7) is 5.02. The highest BCUT2D eigenvalue weighted by atomic mass is 35.5. The second kappa shape index (κ2) is 4.48. The summed E-state index contributed by atoms with van der Waals surface area (Å²) in [7, 11) is 0. The maximum atomic E-state index is 6.00. The van der Waals surface area contributed by atoms with E-state index in [2.05, 4.69) is 18.8 Å². The summed E-state index contributed by atoms with van der Waals surface area (Å²) in [4.78, 5) is 3.44. The summed E-state index contributed by atoms with van der Waals surface area (Å²) in [5, 5.41) is 2.00. The fourth-order valence-electron chi connectivity index (χ4n) is 1.99. The lowest BCUT2D eigenvalue weighted by atomic mass is 10.0.